The van der Waals surface area contributed by atoms with Gasteiger partial charge in [-0.2, -0.15) is 0 Å². The summed E-state index contributed by atoms with van der Waals surface area (Å²) in [6, 6.07) is 5.45. The molecule has 6 heteroatoms. The van der Waals surface area contributed by atoms with Crippen LogP contribution in [-0.4, -0.2) is 32.9 Å². The molecule has 1 atom stereocenters. The number of hydrogen-bond acceptors (Lipinski definition) is 3. The second-order valence-corrected chi connectivity index (χ2v) is 4.98. The van der Waals surface area contributed by atoms with E-state index in [1.165, 1.54) is 0 Å². The number of hydrogen-bond donors (Lipinski definition) is 2. The number of nitrogens with one attached hydrogen (secondary N) is 2. The van der Waals surface area contributed by atoms with Gasteiger partial charge in [0.2, 0.25) is 0 Å². The topological polar surface area (TPSA) is 59.6 Å². The number of methoxy groups -OCH3 is 2. The van der Waals surface area contributed by atoms with E-state index in [2.05, 4.69) is 26.6 Å². The highest BCUT2D eigenvalue weighted by atomic mass is 79.9. The van der Waals surface area contributed by atoms with Crippen molar-refractivity contribution in [3.05, 3.63) is 28.2 Å². The van der Waals surface area contributed by atoms with Crippen LogP contribution in [0.2, 0.25) is 0 Å². The van der Waals surface area contributed by atoms with Gasteiger partial charge < -0.3 is 20.1 Å². The molecule has 2 amide bonds. The van der Waals surface area contributed by atoms with E-state index in [0.717, 1.165) is 15.8 Å². The molecule has 0 aliphatic heterocycles. The van der Waals surface area contributed by atoms with Gasteiger partial charge in [0, 0.05) is 30.2 Å². The van der Waals surface area contributed by atoms with E-state index in [4.69, 9.17) is 9.47 Å². The maximum Gasteiger partial charge on any atom is 0.315 e. The molecule has 0 unspecified atom stereocenters. The number of ether oxygens (including phenoxy) is 2. The SMILES string of the molecule is COc1cc(Br)ccc1CNC(=O)NC[C@@H](C)OC. The van der Waals surface area contributed by atoms with Crippen molar-refractivity contribution < 1.29 is 14.3 Å². The first-order chi connectivity index (χ1) is 9.06. The Morgan fingerprint density at radius 2 is 2.11 bits per heavy atom. The summed E-state index contributed by atoms with van der Waals surface area (Å²) >= 11 is 3.37. The number of amides is 2. The Morgan fingerprint density at radius 3 is 2.74 bits per heavy atom. The maximum absolute atomic E-state index is 11.6. The molecule has 0 bridgehead atoms. The Morgan fingerprint density at radius 1 is 1.37 bits per heavy atom. The minimum Gasteiger partial charge on any atom is -0.496 e. The Kier molecular flexibility index (Phi) is 6.66. The lowest BCUT2D eigenvalue weighted by Gasteiger charge is -2.13. The molecule has 19 heavy (non-hydrogen) atoms. The summed E-state index contributed by atoms with van der Waals surface area (Å²) in [5.74, 6) is 0.736. The number of rotatable bonds is 6. The quantitative estimate of drug-likeness (QED) is 0.841. The molecule has 106 valence electrons. The lowest BCUT2D eigenvalue weighted by atomic mass is 10.2. The van der Waals surface area contributed by atoms with Crippen molar-refractivity contribution >= 4 is 22.0 Å². The van der Waals surface area contributed by atoms with Gasteiger partial charge in [-0.15, -0.1) is 0 Å². The lowest BCUT2D eigenvalue weighted by molar-refractivity contribution is 0.118. The van der Waals surface area contributed by atoms with Crippen molar-refractivity contribution in [1.82, 2.24) is 10.6 Å². The van der Waals surface area contributed by atoms with Crippen molar-refractivity contribution in [1.29, 1.82) is 0 Å². The van der Waals surface area contributed by atoms with Crippen molar-refractivity contribution in [2.75, 3.05) is 20.8 Å². The molecule has 1 rings (SSSR count). The van der Waals surface area contributed by atoms with Gasteiger partial charge in [0.1, 0.15) is 5.75 Å². The molecule has 0 aromatic heterocycles. The highest BCUT2D eigenvalue weighted by molar-refractivity contribution is 9.10. The van der Waals surface area contributed by atoms with E-state index in [9.17, 15) is 4.79 Å². The Labute approximate surface area is 121 Å². The summed E-state index contributed by atoms with van der Waals surface area (Å²) < 4.78 is 11.2. The smallest absolute Gasteiger partial charge is 0.315 e. The molecule has 0 spiro atoms. The molecule has 0 radical (unpaired) electrons. The monoisotopic (exact) mass is 330 g/mol. The first-order valence-corrected chi connectivity index (χ1v) is 6.73. The zero-order valence-electron chi connectivity index (χ0n) is 11.3. The predicted molar refractivity (Wildman–Crippen MR) is 77.4 cm³/mol. The van der Waals surface area contributed by atoms with E-state index >= 15 is 0 Å². The van der Waals surface area contributed by atoms with Crippen LogP contribution in [0, 0.1) is 0 Å². The average Bonchev–Trinajstić information content (AvgIpc) is 2.43. The van der Waals surface area contributed by atoms with Crippen molar-refractivity contribution in [2.24, 2.45) is 0 Å². The Bertz CT molecular complexity index is 426. The zero-order chi connectivity index (χ0) is 14.3. The summed E-state index contributed by atoms with van der Waals surface area (Å²) in [4.78, 5) is 11.6. The van der Waals surface area contributed by atoms with Gasteiger partial charge in [-0.1, -0.05) is 22.0 Å². The fourth-order valence-electron chi connectivity index (χ4n) is 1.42. The number of benzene rings is 1. The van der Waals surface area contributed by atoms with Gasteiger partial charge in [0.05, 0.1) is 13.2 Å². The standard InChI is InChI=1S/C13H19BrN2O3/c1-9(18-2)7-15-13(17)16-8-10-4-5-11(14)6-12(10)19-3/h4-6,9H,7-8H2,1-3H3,(H2,15,16,17)/t9-/m1/s1. The number of carbonyl (C=O) groups excluding carboxylic acids is 1. The lowest BCUT2D eigenvalue weighted by Crippen LogP contribution is -2.39. The largest absolute Gasteiger partial charge is 0.496 e. The van der Waals surface area contributed by atoms with E-state index in [1.807, 2.05) is 25.1 Å². The summed E-state index contributed by atoms with van der Waals surface area (Å²) in [6.07, 6.45) is -0.00651. The summed E-state index contributed by atoms with van der Waals surface area (Å²) in [6.45, 7) is 2.77. The van der Waals surface area contributed by atoms with Crippen LogP contribution >= 0.6 is 15.9 Å². The van der Waals surface area contributed by atoms with E-state index < -0.39 is 0 Å². The van der Waals surface area contributed by atoms with Gasteiger partial charge in [-0.25, -0.2) is 4.79 Å². The second-order valence-electron chi connectivity index (χ2n) is 4.07. The molecule has 1 aromatic rings. The fraction of sp³-hybridized carbons (Fsp3) is 0.462. The maximum atomic E-state index is 11.6. The number of halogens is 1. The highest BCUT2D eigenvalue weighted by Crippen LogP contribution is 2.23. The third-order valence-electron chi connectivity index (χ3n) is 2.64. The zero-order valence-corrected chi connectivity index (χ0v) is 12.9. The van der Waals surface area contributed by atoms with Crippen molar-refractivity contribution in [3.63, 3.8) is 0 Å². The summed E-state index contributed by atoms with van der Waals surface area (Å²) in [5, 5.41) is 5.50. The first-order valence-electron chi connectivity index (χ1n) is 5.93. The first kappa shape index (κ1) is 15.8. The minimum atomic E-state index is -0.228. The molecule has 0 aliphatic rings. The second kappa shape index (κ2) is 8.01. The van der Waals surface area contributed by atoms with Crippen LogP contribution in [-0.2, 0) is 11.3 Å². The molecular weight excluding hydrogens is 312 g/mol. The molecule has 0 fully saturated rings. The van der Waals surface area contributed by atoms with E-state index in [-0.39, 0.29) is 12.1 Å². The van der Waals surface area contributed by atoms with E-state index in [1.54, 1.807) is 14.2 Å². The summed E-state index contributed by atoms with van der Waals surface area (Å²) in [7, 11) is 3.21. The van der Waals surface area contributed by atoms with Crippen LogP contribution in [0.5, 0.6) is 5.75 Å². The van der Waals surface area contributed by atoms with Crippen LogP contribution < -0.4 is 15.4 Å². The van der Waals surface area contributed by atoms with Gasteiger partial charge in [0.15, 0.2) is 0 Å². The average molecular weight is 331 g/mol. The Balaban J connectivity index is 2.46. The van der Waals surface area contributed by atoms with Crippen LogP contribution in [0.25, 0.3) is 0 Å². The fourth-order valence-corrected chi connectivity index (χ4v) is 1.76. The molecule has 5 nitrogen and oxygen atoms in total. The van der Waals surface area contributed by atoms with Crippen molar-refractivity contribution in [2.45, 2.75) is 19.6 Å². The van der Waals surface area contributed by atoms with Gasteiger partial charge in [-0.05, 0) is 19.1 Å². The predicted octanol–water partition coefficient (Wildman–Crippen LogP) is 2.29. The van der Waals surface area contributed by atoms with Crippen LogP contribution in [0.15, 0.2) is 22.7 Å². The number of carbonyl (C=O) groups is 1. The van der Waals surface area contributed by atoms with Crippen LogP contribution in [0.3, 0.4) is 0 Å². The molecule has 0 saturated heterocycles. The molecule has 2 N–H and O–H groups in total. The third kappa shape index (κ3) is 5.48. The van der Waals surface area contributed by atoms with Gasteiger partial charge in [0.25, 0.3) is 0 Å². The van der Waals surface area contributed by atoms with Gasteiger partial charge >= 0.3 is 6.03 Å². The van der Waals surface area contributed by atoms with Crippen LogP contribution in [0.4, 0.5) is 4.79 Å². The van der Waals surface area contributed by atoms with E-state index in [0.29, 0.717) is 13.1 Å². The Hall–Kier alpha value is -1.27. The molecular formula is C13H19BrN2O3. The van der Waals surface area contributed by atoms with Crippen LogP contribution in [0.1, 0.15) is 12.5 Å². The minimum absolute atomic E-state index is 0.00651. The highest BCUT2D eigenvalue weighted by Gasteiger charge is 2.07. The normalized spacial score (nSPS) is 11.8. The molecule has 0 aliphatic carbocycles. The molecule has 1 aromatic carbocycles. The third-order valence-corrected chi connectivity index (χ3v) is 3.13. The molecule has 0 heterocycles. The molecule has 0 saturated carbocycles. The number of urea groups is 1. The summed E-state index contributed by atoms with van der Waals surface area (Å²) in [5.41, 5.74) is 0.917. The van der Waals surface area contributed by atoms with Gasteiger partial charge in [-0.3, -0.25) is 0 Å². The van der Waals surface area contributed by atoms with Crippen molar-refractivity contribution in [3.8, 4) is 5.75 Å².